The summed E-state index contributed by atoms with van der Waals surface area (Å²) in [6.07, 6.45) is 8.72. The van der Waals surface area contributed by atoms with Crippen molar-refractivity contribution in [3.63, 3.8) is 0 Å². The van der Waals surface area contributed by atoms with E-state index in [4.69, 9.17) is 0 Å². The monoisotopic (exact) mass is 374 g/mol. The molecular formula is C21H22N6O. The minimum Gasteiger partial charge on any atom is -0.353 e. The highest BCUT2D eigenvalue weighted by atomic mass is 16.2. The first-order valence-electron chi connectivity index (χ1n) is 9.30. The fraction of sp³-hybridized carbons (Fsp3) is 0.238. The Morgan fingerprint density at radius 3 is 2.46 bits per heavy atom. The van der Waals surface area contributed by atoms with Crippen molar-refractivity contribution in [1.29, 1.82) is 0 Å². The molecule has 7 nitrogen and oxygen atoms in total. The zero-order valence-corrected chi connectivity index (χ0v) is 15.8. The van der Waals surface area contributed by atoms with Gasteiger partial charge in [0.15, 0.2) is 0 Å². The van der Waals surface area contributed by atoms with Crippen molar-refractivity contribution in [1.82, 2.24) is 24.4 Å². The average molecular weight is 374 g/mol. The van der Waals surface area contributed by atoms with E-state index in [1.165, 1.54) is 0 Å². The van der Waals surface area contributed by atoms with Crippen LogP contribution >= 0.6 is 0 Å². The van der Waals surface area contributed by atoms with Crippen LogP contribution in [0, 0.1) is 6.92 Å². The van der Waals surface area contributed by atoms with Gasteiger partial charge in [-0.25, -0.2) is 15.0 Å². The summed E-state index contributed by atoms with van der Waals surface area (Å²) in [6, 6.07) is 11.8. The molecule has 1 aliphatic heterocycles. The van der Waals surface area contributed by atoms with Crippen molar-refractivity contribution in [2.45, 2.75) is 6.92 Å². The van der Waals surface area contributed by atoms with Crippen LogP contribution in [0.3, 0.4) is 0 Å². The van der Waals surface area contributed by atoms with E-state index in [2.05, 4.69) is 19.9 Å². The van der Waals surface area contributed by atoms with Crippen molar-refractivity contribution in [3.8, 4) is 5.82 Å². The molecule has 4 rings (SSSR count). The van der Waals surface area contributed by atoms with Crippen molar-refractivity contribution < 1.29 is 4.79 Å². The lowest BCUT2D eigenvalue weighted by molar-refractivity contribution is -0.126. The number of rotatable bonds is 4. The summed E-state index contributed by atoms with van der Waals surface area (Å²) >= 11 is 0. The second kappa shape index (κ2) is 8.04. The third-order valence-electron chi connectivity index (χ3n) is 4.84. The van der Waals surface area contributed by atoms with Gasteiger partial charge in [0.1, 0.15) is 23.8 Å². The van der Waals surface area contributed by atoms with Crippen molar-refractivity contribution in [2.75, 3.05) is 31.1 Å². The lowest BCUT2D eigenvalue weighted by Crippen LogP contribution is -2.48. The zero-order chi connectivity index (χ0) is 19.3. The molecule has 1 aliphatic rings. The van der Waals surface area contributed by atoms with E-state index in [0.29, 0.717) is 13.1 Å². The summed E-state index contributed by atoms with van der Waals surface area (Å²) in [4.78, 5) is 29.5. The molecule has 0 bridgehead atoms. The van der Waals surface area contributed by atoms with Gasteiger partial charge < -0.3 is 9.80 Å². The molecule has 0 spiro atoms. The molecule has 142 valence electrons. The Hall–Kier alpha value is -3.48. The van der Waals surface area contributed by atoms with E-state index < -0.39 is 0 Å². The van der Waals surface area contributed by atoms with Crippen LogP contribution in [0.25, 0.3) is 11.9 Å². The van der Waals surface area contributed by atoms with Gasteiger partial charge in [-0.2, -0.15) is 0 Å². The Balaban J connectivity index is 1.38. The highest BCUT2D eigenvalue weighted by Gasteiger charge is 2.21. The first-order chi connectivity index (χ1) is 13.7. The van der Waals surface area contributed by atoms with E-state index in [0.717, 1.165) is 36.1 Å². The summed E-state index contributed by atoms with van der Waals surface area (Å²) in [6.45, 7) is 4.76. The molecule has 1 saturated heterocycles. The van der Waals surface area contributed by atoms with Crippen LogP contribution < -0.4 is 4.90 Å². The molecule has 1 fully saturated rings. The normalized spacial score (nSPS) is 14.6. The highest BCUT2D eigenvalue weighted by molar-refractivity contribution is 5.91. The quantitative estimate of drug-likeness (QED) is 0.656. The maximum Gasteiger partial charge on any atom is 0.246 e. The number of anilines is 1. The number of aromatic nitrogens is 4. The number of hydrogen-bond acceptors (Lipinski definition) is 5. The maximum atomic E-state index is 12.4. The number of carbonyl (C=O) groups is 1. The molecule has 2 aromatic heterocycles. The molecule has 0 N–H and O–H groups in total. The van der Waals surface area contributed by atoms with Gasteiger partial charge in [-0.05, 0) is 18.6 Å². The summed E-state index contributed by atoms with van der Waals surface area (Å²) in [7, 11) is 0. The Labute approximate surface area is 164 Å². The molecule has 7 heteroatoms. The van der Waals surface area contributed by atoms with Gasteiger partial charge in [-0.3, -0.25) is 9.36 Å². The maximum absolute atomic E-state index is 12.4. The molecule has 0 saturated carbocycles. The first-order valence-corrected chi connectivity index (χ1v) is 9.30. The molecular weight excluding hydrogens is 352 g/mol. The third-order valence-corrected chi connectivity index (χ3v) is 4.84. The molecule has 0 aliphatic carbocycles. The number of amides is 1. The number of carbonyl (C=O) groups excluding carboxylic acids is 1. The average Bonchev–Trinajstić information content (AvgIpc) is 3.19. The number of nitrogens with zero attached hydrogens (tertiary/aromatic N) is 6. The minimum atomic E-state index is 0.0425. The topological polar surface area (TPSA) is 67.2 Å². The first kappa shape index (κ1) is 17.9. The van der Waals surface area contributed by atoms with Crippen LogP contribution in [0.15, 0.2) is 61.2 Å². The van der Waals surface area contributed by atoms with Crippen molar-refractivity contribution in [3.05, 3.63) is 72.6 Å². The Bertz CT molecular complexity index is 973. The molecule has 1 amide bonds. The van der Waals surface area contributed by atoms with E-state index in [1.54, 1.807) is 18.6 Å². The summed E-state index contributed by atoms with van der Waals surface area (Å²) in [5.41, 5.74) is 1.03. The number of hydrogen-bond donors (Lipinski definition) is 0. The molecule has 3 aromatic rings. The zero-order valence-electron chi connectivity index (χ0n) is 15.8. The summed E-state index contributed by atoms with van der Waals surface area (Å²) in [5.74, 6) is 2.58. The van der Waals surface area contributed by atoms with Gasteiger partial charge in [0.2, 0.25) is 5.91 Å². The summed E-state index contributed by atoms with van der Waals surface area (Å²) in [5, 5.41) is 0. The van der Waals surface area contributed by atoms with Crippen molar-refractivity contribution in [2.24, 2.45) is 0 Å². The summed E-state index contributed by atoms with van der Waals surface area (Å²) < 4.78 is 1.93. The van der Waals surface area contributed by atoms with Gasteiger partial charge in [-0.1, -0.05) is 30.3 Å². The SMILES string of the molecule is Cc1nccn1-c1cc(N2CCN(C(=O)/C=C/c3ccccc3)CC2)ncn1. The fourth-order valence-electron chi connectivity index (χ4n) is 3.25. The standard InChI is InChI=1S/C21H22N6O/c1-17-22-9-10-27(17)20-15-19(23-16-24-20)25-11-13-26(14-12-25)21(28)8-7-18-5-3-2-4-6-18/h2-10,15-16H,11-14H2,1H3/b8-7+. The largest absolute Gasteiger partial charge is 0.353 e. The predicted molar refractivity (Wildman–Crippen MR) is 108 cm³/mol. The van der Waals surface area contributed by atoms with Crippen LogP contribution in [-0.2, 0) is 4.79 Å². The number of benzene rings is 1. The minimum absolute atomic E-state index is 0.0425. The van der Waals surface area contributed by atoms with Crippen LogP contribution in [0.5, 0.6) is 0 Å². The van der Waals surface area contributed by atoms with E-state index in [-0.39, 0.29) is 5.91 Å². The van der Waals surface area contributed by atoms with Crippen LogP contribution in [0.2, 0.25) is 0 Å². The third kappa shape index (κ3) is 3.93. The highest BCUT2D eigenvalue weighted by Crippen LogP contribution is 2.17. The van der Waals surface area contributed by atoms with Crippen LogP contribution in [0.4, 0.5) is 5.82 Å². The van der Waals surface area contributed by atoms with Crippen molar-refractivity contribution >= 4 is 17.8 Å². The molecule has 0 unspecified atom stereocenters. The van der Waals surface area contributed by atoms with Crippen LogP contribution in [0.1, 0.15) is 11.4 Å². The lowest BCUT2D eigenvalue weighted by Gasteiger charge is -2.35. The molecule has 1 aromatic carbocycles. The molecule has 0 radical (unpaired) electrons. The second-order valence-electron chi connectivity index (χ2n) is 6.64. The van der Waals surface area contributed by atoms with Gasteiger partial charge in [-0.15, -0.1) is 0 Å². The van der Waals surface area contributed by atoms with Gasteiger partial charge >= 0.3 is 0 Å². The number of aryl methyl sites for hydroxylation is 1. The smallest absolute Gasteiger partial charge is 0.246 e. The van der Waals surface area contributed by atoms with Gasteiger partial charge in [0.25, 0.3) is 0 Å². The molecule has 3 heterocycles. The Morgan fingerprint density at radius 2 is 1.75 bits per heavy atom. The lowest BCUT2D eigenvalue weighted by atomic mass is 10.2. The Morgan fingerprint density at radius 1 is 1.00 bits per heavy atom. The van der Waals surface area contributed by atoms with Gasteiger partial charge in [0.05, 0.1) is 0 Å². The predicted octanol–water partition coefficient (Wildman–Crippen LogP) is 2.33. The number of imidazole rings is 1. The van der Waals surface area contributed by atoms with E-state index in [9.17, 15) is 4.79 Å². The van der Waals surface area contributed by atoms with Gasteiger partial charge in [0, 0.05) is 50.7 Å². The molecule has 28 heavy (non-hydrogen) atoms. The van der Waals surface area contributed by atoms with E-state index in [1.807, 2.05) is 65.1 Å². The Kier molecular flexibility index (Phi) is 5.14. The second-order valence-corrected chi connectivity index (χ2v) is 6.64. The van der Waals surface area contributed by atoms with E-state index >= 15 is 0 Å². The van der Waals surface area contributed by atoms with Crippen LogP contribution in [-0.4, -0.2) is 56.5 Å². The fourth-order valence-corrected chi connectivity index (χ4v) is 3.25. The molecule has 0 atom stereocenters. The number of piperazine rings is 1.